The Hall–Kier alpha value is -0.780. The molecular formula is C15H21BrN2O2. The number of rotatable bonds is 3. The standard InChI is InChI=1S/C15H21BrN2O2/c1-2-12-11(10-18-5-3-17-4-6-18)9-13-15(14(12)16)20-8-7-19-13/h9,17H,2-8,10H2,1H3. The lowest BCUT2D eigenvalue weighted by Gasteiger charge is -2.29. The maximum Gasteiger partial charge on any atom is 0.175 e. The first kappa shape index (κ1) is 14.2. The molecule has 0 unspecified atom stereocenters. The van der Waals surface area contributed by atoms with Crippen LogP contribution in [0, 0.1) is 0 Å². The van der Waals surface area contributed by atoms with Crippen molar-refractivity contribution in [3.05, 3.63) is 21.7 Å². The zero-order valence-electron chi connectivity index (χ0n) is 11.9. The van der Waals surface area contributed by atoms with Crippen molar-refractivity contribution in [3.63, 3.8) is 0 Å². The summed E-state index contributed by atoms with van der Waals surface area (Å²) in [5.74, 6) is 1.75. The summed E-state index contributed by atoms with van der Waals surface area (Å²) >= 11 is 3.71. The lowest BCUT2D eigenvalue weighted by molar-refractivity contribution is 0.169. The first-order valence-corrected chi connectivity index (χ1v) is 8.11. The van der Waals surface area contributed by atoms with Gasteiger partial charge in [-0.2, -0.15) is 0 Å². The highest BCUT2D eigenvalue weighted by Gasteiger charge is 2.22. The molecule has 5 heteroatoms. The average Bonchev–Trinajstić information content (AvgIpc) is 2.49. The number of piperazine rings is 1. The molecule has 0 amide bonds. The maximum atomic E-state index is 5.75. The molecule has 0 bridgehead atoms. The van der Waals surface area contributed by atoms with Crippen molar-refractivity contribution in [2.75, 3.05) is 39.4 Å². The summed E-state index contributed by atoms with van der Waals surface area (Å²) in [7, 11) is 0. The van der Waals surface area contributed by atoms with E-state index in [1.807, 2.05) is 0 Å². The van der Waals surface area contributed by atoms with Crippen LogP contribution in [0.4, 0.5) is 0 Å². The minimum Gasteiger partial charge on any atom is -0.486 e. The molecule has 1 fully saturated rings. The highest BCUT2D eigenvalue weighted by atomic mass is 79.9. The number of fused-ring (bicyclic) bond motifs is 1. The normalized spacial score (nSPS) is 19.1. The monoisotopic (exact) mass is 340 g/mol. The van der Waals surface area contributed by atoms with E-state index in [0.29, 0.717) is 13.2 Å². The van der Waals surface area contributed by atoms with Crippen LogP contribution in [0.15, 0.2) is 10.5 Å². The predicted molar refractivity (Wildman–Crippen MR) is 82.7 cm³/mol. The second-order valence-corrected chi connectivity index (χ2v) is 6.03. The quantitative estimate of drug-likeness (QED) is 0.914. The summed E-state index contributed by atoms with van der Waals surface area (Å²) < 4.78 is 12.6. The smallest absolute Gasteiger partial charge is 0.175 e. The molecule has 110 valence electrons. The molecule has 1 saturated heterocycles. The first-order chi connectivity index (χ1) is 9.79. The number of halogens is 1. The van der Waals surface area contributed by atoms with Gasteiger partial charge in [-0.05, 0) is 39.5 Å². The van der Waals surface area contributed by atoms with Crippen LogP contribution in [0.5, 0.6) is 11.5 Å². The minimum absolute atomic E-state index is 0.631. The van der Waals surface area contributed by atoms with Gasteiger partial charge in [-0.15, -0.1) is 0 Å². The second kappa shape index (κ2) is 6.33. The number of benzene rings is 1. The van der Waals surface area contributed by atoms with Crippen molar-refractivity contribution in [1.82, 2.24) is 10.2 Å². The highest BCUT2D eigenvalue weighted by molar-refractivity contribution is 9.10. The molecule has 2 aliphatic heterocycles. The third-order valence-electron chi connectivity index (χ3n) is 3.93. The van der Waals surface area contributed by atoms with E-state index in [9.17, 15) is 0 Å². The zero-order valence-corrected chi connectivity index (χ0v) is 13.5. The van der Waals surface area contributed by atoms with Crippen LogP contribution in [-0.4, -0.2) is 44.3 Å². The van der Waals surface area contributed by atoms with Crippen molar-refractivity contribution in [2.24, 2.45) is 0 Å². The molecule has 3 rings (SSSR count). The fraction of sp³-hybridized carbons (Fsp3) is 0.600. The number of nitrogens with one attached hydrogen (secondary N) is 1. The van der Waals surface area contributed by atoms with E-state index >= 15 is 0 Å². The van der Waals surface area contributed by atoms with E-state index in [1.165, 1.54) is 11.1 Å². The van der Waals surface area contributed by atoms with Gasteiger partial charge in [0.15, 0.2) is 11.5 Å². The van der Waals surface area contributed by atoms with Crippen LogP contribution >= 0.6 is 15.9 Å². The van der Waals surface area contributed by atoms with Crippen molar-refractivity contribution >= 4 is 15.9 Å². The van der Waals surface area contributed by atoms with E-state index in [-0.39, 0.29) is 0 Å². The Morgan fingerprint density at radius 3 is 2.75 bits per heavy atom. The van der Waals surface area contributed by atoms with E-state index in [0.717, 1.165) is 55.1 Å². The molecule has 1 N–H and O–H groups in total. The summed E-state index contributed by atoms with van der Waals surface area (Å²) in [6, 6.07) is 2.17. The number of ether oxygens (including phenoxy) is 2. The van der Waals surface area contributed by atoms with E-state index in [2.05, 4.69) is 39.1 Å². The Bertz CT molecular complexity index is 487. The second-order valence-electron chi connectivity index (χ2n) is 5.23. The lowest BCUT2D eigenvalue weighted by Crippen LogP contribution is -2.43. The summed E-state index contributed by atoms with van der Waals surface area (Å²) in [4.78, 5) is 2.49. The van der Waals surface area contributed by atoms with Crippen LogP contribution in [-0.2, 0) is 13.0 Å². The minimum atomic E-state index is 0.631. The predicted octanol–water partition coefficient (Wildman–Crippen LogP) is 2.19. The fourth-order valence-electron chi connectivity index (χ4n) is 2.87. The number of hydrogen-bond donors (Lipinski definition) is 1. The molecule has 0 spiro atoms. The topological polar surface area (TPSA) is 33.7 Å². The van der Waals surface area contributed by atoms with E-state index < -0.39 is 0 Å². The molecule has 0 aliphatic carbocycles. The van der Waals surface area contributed by atoms with Crippen LogP contribution < -0.4 is 14.8 Å². The third-order valence-corrected chi connectivity index (χ3v) is 4.76. The van der Waals surface area contributed by atoms with Gasteiger partial charge in [0.05, 0.1) is 4.47 Å². The molecular weight excluding hydrogens is 320 g/mol. The van der Waals surface area contributed by atoms with Crippen LogP contribution in [0.1, 0.15) is 18.1 Å². The number of hydrogen-bond acceptors (Lipinski definition) is 4. The zero-order chi connectivity index (χ0) is 13.9. The Morgan fingerprint density at radius 2 is 2.00 bits per heavy atom. The Kier molecular flexibility index (Phi) is 4.48. The molecule has 2 aliphatic rings. The van der Waals surface area contributed by atoms with E-state index in [4.69, 9.17) is 9.47 Å². The Balaban J connectivity index is 1.90. The summed E-state index contributed by atoms with van der Waals surface area (Å²) in [5, 5.41) is 3.39. The van der Waals surface area contributed by atoms with Crippen LogP contribution in [0.3, 0.4) is 0 Å². The van der Waals surface area contributed by atoms with Gasteiger partial charge in [0.1, 0.15) is 13.2 Å². The SMILES string of the molecule is CCc1c(CN2CCNCC2)cc2c(c1Br)OCCO2. The molecule has 0 aromatic heterocycles. The largest absolute Gasteiger partial charge is 0.486 e. The first-order valence-electron chi connectivity index (χ1n) is 7.32. The van der Waals surface area contributed by atoms with Gasteiger partial charge in [-0.3, -0.25) is 4.90 Å². The third kappa shape index (κ3) is 2.80. The maximum absolute atomic E-state index is 5.75. The van der Waals surface area contributed by atoms with Crippen molar-refractivity contribution in [3.8, 4) is 11.5 Å². The van der Waals surface area contributed by atoms with Crippen molar-refractivity contribution in [1.29, 1.82) is 0 Å². The summed E-state index contributed by atoms with van der Waals surface area (Å²) in [5.41, 5.74) is 2.69. The molecule has 1 aromatic rings. The van der Waals surface area contributed by atoms with Gasteiger partial charge >= 0.3 is 0 Å². The van der Waals surface area contributed by atoms with E-state index in [1.54, 1.807) is 0 Å². The van der Waals surface area contributed by atoms with Gasteiger partial charge in [0, 0.05) is 32.7 Å². The number of nitrogens with zero attached hydrogens (tertiary/aromatic N) is 1. The molecule has 4 nitrogen and oxygen atoms in total. The fourth-order valence-corrected chi connectivity index (χ4v) is 3.71. The summed E-state index contributed by atoms with van der Waals surface area (Å²) in [6.07, 6.45) is 0.999. The summed E-state index contributed by atoms with van der Waals surface area (Å²) in [6.45, 7) is 8.81. The van der Waals surface area contributed by atoms with Gasteiger partial charge in [0.25, 0.3) is 0 Å². The molecule has 20 heavy (non-hydrogen) atoms. The molecule has 2 heterocycles. The van der Waals surface area contributed by atoms with Gasteiger partial charge in [-0.25, -0.2) is 0 Å². The van der Waals surface area contributed by atoms with Crippen molar-refractivity contribution in [2.45, 2.75) is 19.9 Å². The average molecular weight is 341 g/mol. The lowest BCUT2D eigenvalue weighted by atomic mass is 10.0. The molecule has 1 aromatic carbocycles. The van der Waals surface area contributed by atoms with Crippen molar-refractivity contribution < 1.29 is 9.47 Å². The van der Waals surface area contributed by atoms with Gasteiger partial charge < -0.3 is 14.8 Å². The highest BCUT2D eigenvalue weighted by Crippen LogP contribution is 2.42. The van der Waals surface area contributed by atoms with Gasteiger partial charge in [-0.1, -0.05) is 6.92 Å². The Morgan fingerprint density at radius 1 is 1.25 bits per heavy atom. The van der Waals surface area contributed by atoms with Crippen LogP contribution in [0.25, 0.3) is 0 Å². The molecule has 0 saturated carbocycles. The van der Waals surface area contributed by atoms with Crippen LogP contribution in [0.2, 0.25) is 0 Å². The molecule has 0 atom stereocenters. The van der Waals surface area contributed by atoms with Gasteiger partial charge in [0.2, 0.25) is 0 Å². The molecule has 0 radical (unpaired) electrons. The Labute approximate surface area is 128 Å².